The van der Waals surface area contributed by atoms with Crippen LogP contribution in [0.4, 0.5) is 4.79 Å². The maximum absolute atomic E-state index is 12.9. The molecule has 1 aromatic heterocycles. The Bertz CT molecular complexity index is 1020. The number of esters is 2. The van der Waals surface area contributed by atoms with E-state index in [2.05, 4.69) is 16.0 Å². The summed E-state index contributed by atoms with van der Waals surface area (Å²) in [5.74, 6) is -1.99. The normalized spacial score (nSPS) is 16.4. The van der Waals surface area contributed by atoms with Crippen LogP contribution >= 0.6 is 0 Å². The van der Waals surface area contributed by atoms with Gasteiger partial charge in [0.1, 0.15) is 6.61 Å². The summed E-state index contributed by atoms with van der Waals surface area (Å²) in [6, 6.07) is 9.20. The summed E-state index contributed by atoms with van der Waals surface area (Å²) in [5.41, 5.74) is 0.743. The molecule has 1 aliphatic heterocycles. The van der Waals surface area contributed by atoms with Gasteiger partial charge in [-0.1, -0.05) is 30.3 Å². The molecule has 2 atom stereocenters. The summed E-state index contributed by atoms with van der Waals surface area (Å²) in [6.07, 6.45) is 1.34. The van der Waals surface area contributed by atoms with Gasteiger partial charge in [0, 0.05) is 0 Å². The van der Waals surface area contributed by atoms with Crippen LogP contribution in [0.2, 0.25) is 0 Å². The monoisotopic (exact) mass is 441 g/mol. The lowest BCUT2D eigenvalue weighted by Crippen LogP contribution is -2.50. The van der Waals surface area contributed by atoms with Crippen LogP contribution in [-0.2, 0) is 19.1 Å². The molecule has 2 aromatic rings. The first kappa shape index (κ1) is 22.6. The minimum Gasteiger partial charge on any atom is -0.463 e. The van der Waals surface area contributed by atoms with Gasteiger partial charge < -0.3 is 29.8 Å². The Balaban J connectivity index is 1.80. The number of furan rings is 1. The molecule has 0 saturated carbocycles. The topological polar surface area (TPSA) is 136 Å². The molecule has 1 aliphatic rings. The number of benzene rings is 1. The van der Waals surface area contributed by atoms with Crippen molar-refractivity contribution in [3.8, 4) is 0 Å². The van der Waals surface area contributed by atoms with Crippen molar-refractivity contribution in [2.75, 3.05) is 13.2 Å². The van der Waals surface area contributed by atoms with Crippen molar-refractivity contribution in [3.63, 3.8) is 0 Å². The summed E-state index contributed by atoms with van der Waals surface area (Å²) in [6.45, 7) is 3.02. The number of carbonyl (C=O) groups is 4. The van der Waals surface area contributed by atoms with Gasteiger partial charge in [-0.15, -0.1) is 0 Å². The second kappa shape index (κ2) is 10.3. The molecule has 3 N–H and O–H groups in total. The van der Waals surface area contributed by atoms with Gasteiger partial charge in [0.25, 0.3) is 5.91 Å². The maximum atomic E-state index is 12.9. The predicted molar refractivity (Wildman–Crippen MR) is 111 cm³/mol. The fourth-order valence-corrected chi connectivity index (χ4v) is 3.15. The van der Waals surface area contributed by atoms with Gasteiger partial charge in [0.05, 0.1) is 30.2 Å². The van der Waals surface area contributed by atoms with E-state index in [1.165, 1.54) is 12.3 Å². The molecule has 0 radical (unpaired) electrons. The number of urea groups is 1. The van der Waals surface area contributed by atoms with Crippen LogP contribution in [0.25, 0.3) is 0 Å². The lowest BCUT2D eigenvalue weighted by Gasteiger charge is -2.26. The Morgan fingerprint density at radius 2 is 1.88 bits per heavy atom. The van der Waals surface area contributed by atoms with Gasteiger partial charge in [0.15, 0.2) is 11.8 Å². The smallest absolute Gasteiger partial charge is 0.338 e. The summed E-state index contributed by atoms with van der Waals surface area (Å²) < 4.78 is 15.5. The van der Waals surface area contributed by atoms with Crippen molar-refractivity contribution in [1.29, 1.82) is 0 Å². The van der Waals surface area contributed by atoms with Crippen LogP contribution in [0, 0.1) is 0 Å². The fourth-order valence-electron chi connectivity index (χ4n) is 3.15. The second-order valence-electron chi connectivity index (χ2n) is 6.84. The zero-order chi connectivity index (χ0) is 23.1. The number of nitrogens with one attached hydrogen (secondary N) is 3. The molecule has 0 fully saturated rings. The molecule has 1 aromatic carbocycles. The second-order valence-corrected chi connectivity index (χ2v) is 6.84. The molecule has 0 spiro atoms. The van der Waals surface area contributed by atoms with Gasteiger partial charge in [-0.25, -0.2) is 14.4 Å². The molecule has 10 nitrogen and oxygen atoms in total. The molecule has 168 valence electrons. The Morgan fingerprint density at radius 3 is 2.53 bits per heavy atom. The summed E-state index contributed by atoms with van der Waals surface area (Å²) in [7, 11) is 0. The third-order valence-electron chi connectivity index (χ3n) is 4.61. The van der Waals surface area contributed by atoms with Gasteiger partial charge >= 0.3 is 18.0 Å². The van der Waals surface area contributed by atoms with E-state index < -0.39 is 42.6 Å². The third kappa shape index (κ3) is 5.34. The Morgan fingerprint density at radius 1 is 1.12 bits per heavy atom. The fraction of sp³-hybridized carbons (Fsp3) is 0.273. The van der Waals surface area contributed by atoms with Crippen LogP contribution < -0.4 is 16.0 Å². The van der Waals surface area contributed by atoms with Crippen LogP contribution in [0.3, 0.4) is 0 Å². The molecular weight excluding hydrogens is 418 g/mol. The van der Waals surface area contributed by atoms with Gasteiger partial charge in [-0.2, -0.15) is 0 Å². The first-order chi connectivity index (χ1) is 15.4. The number of rotatable bonds is 8. The first-order valence-electron chi connectivity index (χ1n) is 9.94. The van der Waals surface area contributed by atoms with Gasteiger partial charge in [-0.05, 0) is 31.5 Å². The first-order valence-corrected chi connectivity index (χ1v) is 9.94. The highest BCUT2D eigenvalue weighted by molar-refractivity contribution is 5.96. The van der Waals surface area contributed by atoms with Crippen LogP contribution in [0.1, 0.15) is 36.0 Å². The Hall–Kier alpha value is -4.08. The van der Waals surface area contributed by atoms with Crippen molar-refractivity contribution in [2.24, 2.45) is 0 Å². The summed E-state index contributed by atoms with van der Waals surface area (Å²) >= 11 is 0. The highest BCUT2D eigenvalue weighted by Gasteiger charge is 2.32. The SMILES string of the molecule is CCOC(=O)C1=C(COC(=O)C(NC(=O)c2ccco2)c2ccccc2)NC(=O)NC1C. The van der Waals surface area contributed by atoms with E-state index in [0.717, 1.165) is 0 Å². The number of ether oxygens (including phenoxy) is 2. The largest absolute Gasteiger partial charge is 0.463 e. The molecule has 32 heavy (non-hydrogen) atoms. The maximum Gasteiger partial charge on any atom is 0.338 e. The zero-order valence-electron chi connectivity index (χ0n) is 17.5. The van der Waals surface area contributed by atoms with Crippen LogP contribution in [0.5, 0.6) is 0 Å². The number of hydrogen-bond donors (Lipinski definition) is 3. The molecule has 10 heteroatoms. The summed E-state index contributed by atoms with van der Waals surface area (Å²) in [5, 5.41) is 7.62. The lowest BCUT2D eigenvalue weighted by molar-refractivity contribution is -0.146. The van der Waals surface area contributed by atoms with E-state index in [1.54, 1.807) is 50.2 Å². The lowest BCUT2D eigenvalue weighted by atomic mass is 10.0. The average molecular weight is 441 g/mol. The molecular formula is C22H23N3O7. The number of carbonyl (C=O) groups excluding carboxylic acids is 4. The predicted octanol–water partition coefficient (Wildman–Crippen LogP) is 1.81. The average Bonchev–Trinajstić information content (AvgIpc) is 3.31. The minimum atomic E-state index is -1.14. The van der Waals surface area contributed by atoms with Crippen molar-refractivity contribution >= 4 is 23.9 Å². The van der Waals surface area contributed by atoms with E-state index in [4.69, 9.17) is 13.9 Å². The molecule has 0 aliphatic carbocycles. The van der Waals surface area contributed by atoms with Crippen molar-refractivity contribution in [2.45, 2.75) is 25.9 Å². The molecule has 0 bridgehead atoms. The molecule has 3 amide bonds. The van der Waals surface area contributed by atoms with Gasteiger partial charge in [-0.3, -0.25) is 4.79 Å². The standard InChI is InChI=1S/C22H23N3O7/c1-3-30-20(27)17-13(2)23-22(29)24-15(17)12-32-21(28)18(14-8-5-4-6-9-14)25-19(26)16-10-7-11-31-16/h4-11,13,18H,3,12H2,1-2H3,(H,25,26)(H2,23,24,29). The zero-order valence-corrected chi connectivity index (χ0v) is 17.5. The van der Waals surface area contributed by atoms with E-state index in [9.17, 15) is 19.2 Å². The van der Waals surface area contributed by atoms with Crippen LogP contribution in [0.15, 0.2) is 64.4 Å². The van der Waals surface area contributed by atoms with E-state index in [0.29, 0.717) is 5.56 Å². The van der Waals surface area contributed by atoms with Crippen molar-refractivity contribution in [1.82, 2.24) is 16.0 Å². The summed E-state index contributed by atoms with van der Waals surface area (Å²) in [4.78, 5) is 49.6. The minimum absolute atomic E-state index is 0.0329. The highest BCUT2D eigenvalue weighted by atomic mass is 16.5. The van der Waals surface area contributed by atoms with E-state index >= 15 is 0 Å². The van der Waals surface area contributed by atoms with Crippen molar-refractivity contribution in [3.05, 3.63) is 71.3 Å². The van der Waals surface area contributed by atoms with Gasteiger partial charge in [0.2, 0.25) is 0 Å². The molecule has 3 rings (SSSR count). The molecule has 2 heterocycles. The number of amides is 3. The highest BCUT2D eigenvalue weighted by Crippen LogP contribution is 2.19. The molecule has 0 saturated heterocycles. The van der Waals surface area contributed by atoms with E-state index in [-0.39, 0.29) is 23.6 Å². The van der Waals surface area contributed by atoms with Crippen molar-refractivity contribution < 1.29 is 33.1 Å². The van der Waals surface area contributed by atoms with E-state index in [1.807, 2.05) is 0 Å². The third-order valence-corrected chi connectivity index (χ3v) is 4.61. The molecule has 2 unspecified atom stereocenters. The Kier molecular flexibility index (Phi) is 7.27. The number of hydrogen-bond acceptors (Lipinski definition) is 7. The Labute approximate surface area is 183 Å². The quantitative estimate of drug-likeness (QED) is 0.532. The van der Waals surface area contributed by atoms with Crippen LogP contribution in [-0.4, -0.2) is 43.1 Å².